The quantitative estimate of drug-likeness (QED) is 0.589. The maximum absolute atomic E-state index is 10.0. The van der Waals surface area contributed by atoms with E-state index in [1.165, 1.54) is 6.42 Å². The highest BCUT2D eigenvalue weighted by Gasteiger charge is 2.54. The zero-order chi connectivity index (χ0) is 8.06. The molecule has 0 spiro atoms. The number of aliphatic hydroxyl groups is 2. The highest BCUT2D eigenvalue weighted by molar-refractivity contribution is 5.04. The summed E-state index contributed by atoms with van der Waals surface area (Å²) in [6.45, 7) is 2.02. The number of hydrogen-bond acceptors (Lipinski definition) is 2. The molecule has 0 aliphatic heterocycles. The molecular weight excluding hydrogens is 140 g/mol. The Hall–Kier alpha value is -0.0800. The van der Waals surface area contributed by atoms with E-state index in [2.05, 4.69) is 6.92 Å². The van der Waals surface area contributed by atoms with E-state index in [4.69, 9.17) is 5.11 Å². The predicted octanol–water partition coefficient (Wildman–Crippen LogP) is 0.776. The lowest BCUT2D eigenvalue weighted by Gasteiger charge is -2.36. The second-order valence-corrected chi connectivity index (χ2v) is 4.21. The fourth-order valence-corrected chi connectivity index (χ4v) is 2.98. The average molecular weight is 156 g/mol. The molecule has 4 atom stereocenters. The maximum atomic E-state index is 10.0. The summed E-state index contributed by atoms with van der Waals surface area (Å²) in [5.74, 6) is 1.37. The molecule has 2 saturated carbocycles. The highest BCUT2D eigenvalue weighted by atomic mass is 16.3. The fraction of sp³-hybridized carbons (Fsp3) is 1.00. The Balaban J connectivity index is 2.23. The van der Waals surface area contributed by atoms with Crippen LogP contribution in [0.5, 0.6) is 0 Å². The summed E-state index contributed by atoms with van der Waals surface area (Å²) >= 11 is 0. The summed E-state index contributed by atoms with van der Waals surface area (Å²) in [5.41, 5.74) is -0.733. The van der Waals surface area contributed by atoms with Gasteiger partial charge in [-0.05, 0) is 37.0 Å². The Bertz CT molecular complexity index is 165. The van der Waals surface area contributed by atoms with E-state index < -0.39 is 5.60 Å². The Labute approximate surface area is 67.2 Å². The molecule has 2 N–H and O–H groups in total. The molecule has 0 saturated heterocycles. The van der Waals surface area contributed by atoms with E-state index in [0.29, 0.717) is 17.8 Å². The molecule has 2 nitrogen and oxygen atoms in total. The van der Waals surface area contributed by atoms with Gasteiger partial charge in [-0.25, -0.2) is 0 Å². The van der Waals surface area contributed by atoms with Crippen LogP contribution in [0.2, 0.25) is 0 Å². The molecule has 2 bridgehead atoms. The normalized spacial score (nSPS) is 55.4. The van der Waals surface area contributed by atoms with Crippen LogP contribution in [0, 0.1) is 17.8 Å². The molecule has 1 unspecified atom stereocenters. The van der Waals surface area contributed by atoms with E-state index in [0.717, 1.165) is 12.8 Å². The third-order valence-corrected chi connectivity index (χ3v) is 3.93. The molecule has 2 rings (SSSR count). The van der Waals surface area contributed by atoms with Crippen LogP contribution in [-0.4, -0.2) is 22.4 Å². The molecule has 0 aromatic heterocycles. The summed E-state index contributed by atoms with van der Waals surface area (Å²) in [5, 5.41) is 19.1. The zero-order valence-electron chi connectivity index (χ0n) is 6.95. The van der Waals surface area contributed by atoms with Gasteiger partial charge in [-0.3, -0.25) is 0 Å². The monoisotopic (exact) mass is 156 g/mol. The van der Waals surface area contributed by atoms with Gasteiger partial charge in [0.05, 0.1) is 12.2 Å². The largest absolute Gasteiger partial charge is 0.393 e. The van der Waals surface area contributed by atoms with E-state index in [1.807, 2.05) is 0 Å². The number of fused-ring (bicyclic) bond motifs is 2. The summed E-state index contributed by atoms with van der Waals surface area (Å²) in [6.07, 6.45) is 3.51. The Morgan fingerprint density at radius 1 is 1.45 bits per heavy atom. The molecule has 0 aromatic rings. The van der Waals surface area contributed by atoms with Gasteiger partial charge in [0.25, 0.3) is 0 Å². The molecule has 0 radical (unpaired) electrons. The fourth-order valence-electron chi connectivity index (χ4n) is 2.98. The smallest absolute Gasteiger partial charge is 0.0933 e. The Morgan fingerprint density at radius 3 is 2.55 bits per heavy atom. The molecule has 2 aliphatic rings. The van der Waals surface area contributed by atoms with Crippen LogP contribution < -0.4 is 0 Å². The maximum Gasteiger partial charge on any atom is 0.0933 e. The van der Waals surface area contributed by atoms with Crippen molar-refractivity contribution in [2.45, 2.75) is 31.8 Å². The van der Waals surface area contributed by atoms with Crippen LogP contribution in [0.25, 0.3) is 0 Å². The first-order chi connectivity index (χ1) is 5.18. The molecule has 0 aromatic carbocycles. The molecule has 64 valence electrons. The topological polar surface area (TPSA) is 40.5 Å². The van der Waals surface area contributed by atoms with Crippen LogP contribution in [0.3, 0.4) is 0 Å². The van der Waals surface area contributed by atoms with Crippen LogP contribution in [0.1, 0.15) is 26.2 Å². The third-order valence-electron chi connectivity index (χ3n) is 3.93. The van der Waals surface area contributed by atoms with Crippen LogP contribution >= 0.6 is 0 Å². The molecular formula is C9H16O2. The number of aliphatic hydroxyl groups excluding tert-OH is 1. The van der Waals surface area contributed by atoms with E-state index >= 15 is 0 Å². The lowest BCUT2D eigenvalue weighted by atomic mass is 9.77. The van der Waals surface area contributed by atoms with Crippen molar-refractivity contribution in [1.82, 2.24) is 0 Å². The van der Waals surface area contributed by atoms with Gasteiger partial charge < -0.3 is 10.2 Å². The highest BCUT2D eigenvalue weighted by Crippen LogP contribution is 2.54. The summed E-state index contributed by atoms with van der Waals surface area (Å²) < 4.78 is 0. The molecule has 0 heterocycles. The first-order valence-electron chi connectivity index (χ1n) is 4.51. The van der Waals surface area contributed by atoms with Crippen LogP contribution in [0.4, 0.5) is 0 Å². The first-order valence-corrected chi connectivity index (χ1v) is 4.51. The van der Waals surface area contributed by atoms with Crippen LogP contribution in [0.15, 0.2) is 0 Å². The van der Waals surface area contributed by atoms with E-state index in [9.17, 15) is 5.11 Å². The minimum atomic E-state index is -0.733. The van der Waals surface area contributed by atoms with Gasteiger partial charge in [-0.2, -0.15) is 0 Å². The van der Waals surface area contributed by atoms with Crippen molar-refractivity contribution in [3.63, 3.8) is 0 Å². The van der Waals surface area contributed by atoms with Gasteiger partial charge in [0.2, 0.25) is 0 Å². The van der Waals surface area contributed by atoms with Gasteiger partial charge in [0, 0.05) is 0 Å². The van der Waals surface area contributed by atoms with Gasteiger partial charge in [-0.1, -0.05) is 6.92 Å². The number of rotatable bonds is 1. The lowest BCUT2D eigenvalue weighted by molar-refractivity contribution is -0.0904. The molecule has 0 amide bonds. The molecule has 2 fully saturated rings. The molecule has 11 heavy (non-hydrogen) atoms. The lowest BCUT2D eigenvalue weighted by Crippen LogP contribution is -2.45. The van der Waals surface area contributed by atoms with Crippen molar-refractivity contribution in [1.29, 1.82) is 0 Å². The predicted molar refractivity (Wildman–Crippen MR) is 42.0 cm³/mol. The van der Waals surface area contributed by atoms with Crippen molar-refractivity contribution >= 4 is 0 Å². The van der Waals surface area contributed by atoms with Crippen LogP contribution in [-0.2, 0) is 0 Å². The SMILES string of the molecule is C[C@@H]1[C@H]2CC[C@H](C2)C1(O)CO. The Kier molecular flexibility index (Phi) is 1.52. The van der Waals surface area contributed by atoms with Crippen molar-refractivity contribution < 1.29 is 10.2 Å². The molecule has 2 heteroatoms. The van der Waals surface area contributed by atoms with Crippen molar-refractivity contribution in [3.8, 4) is 0 Å². The Morgan fingerprint density at radius 2 is 2.18 bits per heavy atom. The minimum absolute atomic E-state index is 0.0463. The van der Waals surface area contributed by atoms with Gasteiger partial charge in [-0.15, -0.1) is 0 Å². The second-order valence-electron chi connectivity index (χ2n) is 4.21. The summed E-state index contributed by atoms with van der Waals surface area (Å²) in [7, 11) is 0. The second kappa shape index (κ2) is 2.20. The van der Waals surface area contributed by atoms with Crippen molar-refractivity contribution in [3.05, 3.63) is 0 Å². The molecule has 2 aliphatic carbocycles. The zero-order valence-corrected chi connectivity index (χ0v) is 6.95. The standard InChI is InChI=1S/C9H16O2/c1-6-7-2-3-8(4-7)9(6,11)5-10/h6-8,10-11H,2-5H2,1H3/t6-,7+,8-,9?/m1/s1. The van der Waals surface area contributed by atoms with E-state index in [1.54, 1.807) is 0 Å². The van der Waals surface area contributed by atoms with Gasteiger partial charge in [0.1, 0.15) is 0 Å². The van der Waals surface area contributed by atoms with Gasteiger partial charge >= 0.3 is 0 Å². The van der Waals surface area contributed by atoms with E-state index in [-0.39, 0.29) is 6.61 Å². The third kappa shape index (κ3) is 0.798. The summed E-state index contributed by atoms with van der Waals surface area (Å²) in [6, 6.07) is 0. The first kappa shape index (κ1) is 7.56. The van der Waals surface area contributed by atoms with Crippen molar-refractivity contribution in [2.24, 2.45) is 17.8 Å². The van der Waals surface area contributed by atoms with Gasteiger partial charge in [0.15, 0.2) is 0 Å². The number of hydrogen-bond donors (Lipinski definition) is 2. The van der Waals surface area contributed by atoms with Crippen molar-refractivity contribution in [2.75, 3.05) is 6.61 Å². The average Bonchev–Trinajstić information content (AvgIpc) is 2.56. The summed E-state index contributed by atoms with van der Waals surface area (Å²) in [4.78, 5) is 0. The minimum Gasteiger partial charge on any atom is -0.393 e.